The Kier molecular flexibility index (Phi) is 3.33. The zero-order valence-corrected chi connectivity index (χ0v) is 9.02. The number of hydrogen-bond acceptors (Lipinski definition) is 1. The fourth-order valence-electron chi connectivity index (χ4n) is 2.02. The highest BCUT2D eigenvalue weighted by Crippen LogP contribution is 2.21. The molecule has 0 spiro atoms. The van der Waals surface area contributed by atoms with Crippen LogP contribution in [0.25, 0.3) is 0 Å². The maximum Gasteiger partial charge on any atom is 0.0509 e. The van der Waals surface area contributed by atoms with Crippen molar-refractivity contribution in [2.24, 2.45) is 4.99 Å². The average Bonchev–Trinajstić information content (AvgIpc) is 2.76. The summed E-state index contributed by atoms with van der Waals surface area (Å²) in [5, 5.41) is 0. The molecule has 0 fully saturated rings. The number of rotatable bonds is 4. The zero-order chi connectivity index (χ0) is 10.5. The van der Waals surface area contributed by atoms with E-state index < -0.39 is 0 Å². The summed E-state index contributed by atoms with van der Waals surface area (Å²) in [6, 6.07) is 11.0. The van der Waals surface area contributed by atoms with Crippen LogP contribution in [0.4, 0.5) is 0 Å². The van der Waals surface area contributed by atoms with E-state index in [9.17, 15) is 0 Å². The molecule has 0 saturated heterocycles. The molecule has 1 heteroatoms. The zero-order valence-electron chi connectivity index (χ0n) is 9.02. The lowest BCUT2D eigenvalue weighted by atomic mass is 10.1. The second kappa shape index (κ2) is 4.92. The van der Waals surface area contributed by atoms with E-state index >= 15 is 0 Å². The Labute approximate surface area is 91.6 Å². The van der Waals surface area contributed by atoms with Gasteiger partial charge in [-0.3, -0.25) is 4.99 Å². The van der Waals surface area contributed by atoms with Crippen molar-refractivity contribution in [1.29, 1.82) is 0 Å². The summed E-state index contributed by atoms with van der Waals surface area (Å²) in [6.07, 6.45) is 6.55. The molecule has 15 heavy (non-hydrogen) atoms. The summed E-state index contributed by atoms with van der Waals surface area (Å²) < 4.78 is 0. The van der Waals surface area contributed by atoms with E-state index in [1.807, 2.05) is 12.1 Å². The summed E-state index contributed by atoms with van der Waals surface area (Å²) in [5.41, 5.74) is 2.57. The van der Waals surface area contributed by atoms with Crippen molar-refractivity contribution < 1.29 is 0 Å². The van der Waals surface area contributed by atoms with Crippen LogP contribution in [0.15, 0.2) is 48.0 Å². The third-order valence-corrected chi connectivity index (χ3v) is 2.86. The second-order valence-corrected chi connectivity index (χ2v) is 4.00. The third kappa shape index (κ3) is 2.56. The molecule has 1 aromatic carbocycles. The standard InChI is InChI=1S/C14H17N/c1-2-3-9-13-10-11-14(15-13)12-7-5-4-6-8-12/h2,4-8,13H,1,3,9-11H2. The monoisotopic (exact) mass is 199 g/mol. The Morgan fingerprint density at radius 2 is 2.13 bits per heavy atom. The Hall–Kier alpha value is -1.37. The molecule has 1 nitrogen and oxygen atoms in total. The molecule has 78 valence electrons. The molecule has 0 N–H and O–H groups in total. The minimum absolute atomic E-state index is 0.526. The van der Waals surface area contributed by atoms with Crippen LogP contribution < -0.4 is 0 Å². The number of aliphatic imine (C=N–C) groups is 1. The first-order valence-electron chi connectivity index (χ1n) is 5.63. The highest BCUT2D eigenvalue weighted by Gasteiger charge is 2.17. The Morgan fingerprint density at radius 1 is 1.33 bits per heavy atom. The third-order valence-electron chi connectivity index (χ3n) is 2.86. The molecule has 1 aromatic rings. The Bertz CT molecular complexity index is 351. The van der Waals surface area contributed by atoms with Crippen LogP contribution in [0, 0.1) is 0 Å². The van der Waals surface area contributed by atoms with E-state index in [-0.39, 0.29) is 0 Å². The molecule has 1 unspecified atom stereocenters. The van der Waals surface area contributed by atoms with Crippen LogP contribution in [0.1, 0.15) is 31.2 Å². The lowest BCUT2D eigenvalue weighted by molar-refractivity contribution is 0.621. The van der Waals surface area contributed by atoms with Crippen molar-refractivity contribution in [3.63, 3.8) is 0 Å². The second-order valence-electron chi connectivity index (χ2n) is 4.00. The van der Waals surface area contributed by atoms with Gasteiger partial charge in [0.2, 0.25) is 0 Å². The Balaban J connectivity index is 2.03. The topological polar surface area (TPSA) is 12.4 Å². The van der Waals surface area contributed by atoms with E-state index in [1.54, 1.807) is 0 Å². The molecule has 0 aliphatic carbocycles. The van der Waals surface area contributed by atoms with Gasteiger partial charge >= 0.3 is 0 Å². The number of nitrogens with zero attached hydrogens (tertiary/aromatic N) is 1. The molecule has 1 atom stereocenters. The van der Waals surface area contributed by atoms with Crippen molar-refractivity contribution in [2.45, 2.75) is 31.7 Å². The molecule has 0 aromatic heterocycles. The minimum atomic E-state index is 0.526. The maximum absolute atomic E-state index is 4.76. The van der Waals surface area contributed by atoms with Gasteiger partial charge in [0.1, 0.15) is 0 Å². The molecule has 1 aliphatic rings. The molecule has 2 rings (SSSR count). The van der Waals surface area contributed by atoms with E-state index in [1.165, 1.54) is 17.7 Å². The van der Waals surface area contributed by atoms with Gasteiger partial charge in [-0.1, -0.05) is 36.4 Å². The van der Waals surface area contributed by atoms with Crippen molar-refractivity contribution in [3.05, 3.63) is 48.6 Å². The van der Waals surface area contributed by atoms with Gasteiger partial charge in [-0.15, -0.1) is 6.58 Å². The van der Waals surface area contributed by atoms with Crippen LogP contribution in [0.3, 0.4) is 0 Å². The van der Waals surface area contributed by atoms with Crippen LogP contribution in [0.5, 0.6) is 0 Å². The minimum Gasteiger partial charge on any atom is -0.286 e. The van der Waals surface area contributed by atoms with Gasteiger partial charge in [-0.05, 0) is 31.2 Å². The van der Waals surface area contributed by atoms with Crippen molar-refractivity contribution in [2.75, 3.05) is 0 Å². The van der Waals surface area contributed by atoms with Crippen molar-refractivity contribution in [3.8, 4) is 0 Å². The highest BCUT2D eigenvalue weighted by atomic mass is 14.8. The molecule has 0 saturated carbocycles. The van der Waals surface area contributed by atoms with Gasteiger partial charge in [-0.25, -0.2) is 0 Å². The lowest BCUT2D eigenvalue weighted by Gasteiger charge is -2.02. The van der Waals surface area contributed by atoms with Gasteiger partial charge in [0, 0.05) is 5.71 Å². The summed E-state index contributed by atoms with van der Waals surface area (Å²) in [6.45, 7) is 3.75. The van der Waals surface area contributed by atoms with Crippen molar-refractivity contribution in [1.82, 2.24) is 0 Å². The van der Waals surface area contributed by atoms with E-state index in [2.05, 4.69) is 30.8 Å². The van der Waals surface area contributed by atoms with Gasteiger partial charge < -0.3 is 0 Å². The molecule has 0 radical (unpaired) electrons. The first-order valence-corrected chi connectivity index (χ1v) is 5.63. The number of hydrogen-bond donors (Lipinski definition) is 0. The molecular weight excluding hydrogens is 182 g/mol. The van der Waals surface area contributed by atoms with Crippen LogP contribution >= 0.6 is 0 Å². The van der Waals surface area contributed by atoms with E-state index in [4.69, 9.17) is 4.99 Å². The number of benzene rings is 1. The fourth-order valence-corrected chi connectivity index (χ4v) is 2.02. The van der Waals surface area contributed by atoms with Gasteiger partial charge in [0.15, 0.2) is 0 Å². The molecule has 1 heterocycles. The molecular formula is C14H17N. The van der Waals surface area contributed by atoms with Crippen LogP contribution in [0.2, 0.25) is 0 Å². The maximum atomic E-state index is 4.76. The van der Waals surface area contributed by atoms with Gasteiger partial charge in [0.05, 0.1) is 6.04 Å². The van der Waals surface area contributed by atoms with Gasteiger partial charge in [0.25, 0.3) is 0 Å². The lowest BCUT2D eigenvalue weighted by Crippen LogP contribution is -1.97. The summed E-state index contributed by atoms with van der Waals surface area (Å²) >= 11 is 0. The average molecular weight is 199 g/mol. The first kappa shape index (κ1) is 10.2. The van der Waals surface area contributed by atoms with E-state index in [0.717, 1.165) is 19.3 Å². The summed E-state index contributed by atoms with van der Waals surface area (Å²) in [4.78, 5) is 4.76. The molecule has 0 bridgehead atoms. The fraction of sp³-hybridized carbons (Fsp3) is 0.357. The smallest absolute Gasteiger partial charge is 0.0509 e. The van der Waals surface area contributed by atoms with E-state index in [0.29, 0.717) is 6.04 Å². The predicted molar refractivity (Wildman–Crippen MR) is 65.4 cm³/mol. The quantitative estimate of drug-likeness (QED) is 0.657. The van der Waals surface area contributed by atoms with Crippen LogP contribution in [-0.2, 0) is 0 Å². The summed E-state index contributed by atoms with van der Waals surface area (Å²) in [5.74, 6) is 0. The number of allylic oxidation sites excluding steroid dienone is 1. The largest absolute Gasteiger partial charge is 0.286 e. The Morgan fingerprint density at radius 3 is 2.87 bits per heavy atom. The first-order chi connectivity index (χ1) is 7.40. The summed E-state index contributed by atoms with van der Waals surface area (Å²) in [7, 11) is 0. The predicted octanol–water partition coefficient (Wildman–Crippen LogP) is 3.60. The molecule has 1 aliphatic heterocycles. The van der Waals surface area contributed by atoms with Crippen LogP contribution in [-0.4, -0.2) is 11.8 Å². The molecule has 0 amide bonds. The SMILES string of the molecule is C=CCCC1CCC(c2ccccc2)=N1. The van der Waals surface area contributed by atoms with Crippen molar-refractivity contribution >= 4 is 5.71 Å². The normalized spacial score (nSPS) is 20.0. The highest BCUT2D eigenvalue weighted by molar-refractivity contribution is 6.01. The van der Waals surface area contributed by atoms with Gasteiger partial charge in [-0.2, -0.15) is 0 Å².